The smallest absolute Gasteiger partial charge is 0.494 e. The fourth-order valence-electron chi connectivity index (χ4n) is 3.87. The number of hydrogen-bond donors (Lipinski definition) is 1. The van der Waals surface area contributed by atoms with E-state index in [4.69, 9.17) is 4.74 Å². The maximum absolute atomic E-state index is 10.5. The molecule has 1 atom stereocenters. The molecule has 0 fully saturated rings. The lowest BCUT2D eigenvalue weighted by molar-refractivity contribution is -0.873. The molecule has 7 nitrogen and oxygen atoms in total. The van der Waals surface area contributed by atoms with Crippen molar-refractivity contribution in [1.29, 1.82) is 0 Å². The number of quaternary nitrogens is 1. The van der Waals surface area contributed by atoms with Gasteiger partial charge in [0.05, 0.1) is 44.6 Å². The minimum Gasteiger partial charge on any atom is -0.494 e. The molecule has 1 unspecified atom stereocenters. The van der Waals surface area contributed by atoms with Gasteiger partial charge in [0.15, 0.2) is 0 Å². The van der Waals surface area contributed by atoms with Crippen LogP contribution in [0.1, 0.15) is 19.4 Å². The predicted octanol–water partition coefficient (Wildman–Crippen LogP) is 7.34. The second kappa shape index (κ2) is 16.2. The van der Waals surface area contributed by atoms with Crippen LogP contribution in [0.2, 0.25) is 0 Å². The molecule has 18 heteroatoms. The van der Waals surface area contributed by atoms with Crippen molar-refractivity contribution in [2.24, 2.45) is 17.3 Å². The molecule has 2 aromatic carbocycles. The Morgan fingerprint density at radius 3 is 2.02 bits per heavy atom. The Bertz CT molecular complexity index is 1310. The van der Waals surface area contributed by atoms with Gasteiger partial charge in [-0.25, -0.2) is 4.57 Å². The number of aliphatic hydroxyl groups excluding tert-OH is 1. The van der Waals surface area contributed by atoms with E-state index in [0.29, 0.717) is 19.7 Å². The van der Waals surface area contributed by atoms with E-state index in [2.05, 4.69) is 72.0 Å². The van der Waals surface area contributed by atoms with Crippen LogP contribution in [-0.2, 0) is 7.05 Å². The summed E-state index contributed by atoms with van der Waals surface area (Å²) in [5.74, 6) is 0.869. The quantitative estimate of drug-likeness (QED) is 0.0826. The van der Waals surface area contributed by atoms with E-state index in [1.807, 2.05) is 33.0 Å². The van der Waals surface area contributed by atoms with Gasteiger partial charge in [-0.1, -0.05) is 0 Å². The minimum absolute atomic E-state index is 0.388. The third-order valence-electron chi connectivity index (χ3n) is 5.45. The number of aromatic nitrogens is 1. The number of rotatable bonds is 10. The number of likely N-dealkylation sites (N-methyl/N-ethyl adjacent to an activating group) is 2. The van der Waals surface area contributed by atoms with Crippen LogP contribution in [-0.4, -0.2) is 77.6 Å². The normalized spacial score (nSPS) is 12.8. The minimum atomic E-state index is -6.00. The molecule has 3 aromatic rings. The highest BCUT2D eigenvalue weighted by Gasteiger charge is 2.22. The van der Waals surface area contributed by atoms with Crippen LogP contribution in [0.25, 0.3) is 10.2 Å². The molecular formula is C25H37B2F8N5O2S. The van der Waals surface area contributed by atoms with E-state index in [0.717, 1.165) is 49.1 Å². The zero-order valence-electron chi connectivity index (χ0n) is 25.0. The fourth-order valence-corrected chi connectivity index (χ4v) is 4.87. The lowest BCUT2D eigenvalue weighted by Gasteiger charge is -2.31. The zero-order chi connectivity index (χ0) is 33.2. The molecule has 0 spiro atoms. The number of ether oxygens (including phenoxy) is 1. The number of fused-ring (bicyclic) bond motifs is 1. The van der Waals surface area contributed by atoms with Crippen LogP contribution in [0.3, 0.4) is 0 Å². The third-order valence-corrected chi connectivity index (χ3v) is 6.54. The maximum atomic E-state index is 10.5. The Balaban J connectivity index is 0.000000798. The molecule has 3 rings (SSSR count). The highest BCUT2D eigenvalue weighted by molar-refractivity contribution is 7.21. The van der Waals surface area contributed by atoms with Crippen molar-refractivity contribution in [3.63, 3.8) is 0 Å². The number of azo groups is 1. The number of aryl methyl sites for hydroxylation is 2. The van der Waals surface area contributed by atoms with E-state index in [9.17, 15) is 39.6 Å². The van der Waals surface area contributed by atoms with Gasteiger partial charge in [-0.3, -0.25) is 0 Å². The first-order chi connectivity index (χ1) is 19.6. The number of nitrogens with zero attached hydrogens (tertiary/aromatic N) is 5. The van der Waals surface area contributed by atoms with Crippen molar-refractivity contribution in [3.05, 3.63) is 42.0 Å². The number of anilines is 1. The molecule has 0 radical (unpaired) electrons. The Kier molecular flexibility index (Phi) is 14.3. The second-order valence-electron chi connectivity index (χ2n) is 10.3. The van der Waals surface area contributed by atoms with Crippen molar-refractivity contribution >= 4 is 52.6 Å². The molecule has 0 saturated carbocycles. The second-order valence-corrected chi connectivity index (χ2v) is 11.3. The molecule has 0 amide bonds. The lowest BCUT2D eigenvalue weighted by atomic mass is 10.1. The van der Waals surface area contributed by atoms with Gasteiger partial charge in [-0.2, -0.15) is 0 Å². The van der Waals surface area contributed by atoms with Crippen molar-refractivity contribution in [2.75, 3.05) is 52.3 Å². The van der Waals surface area contributed by atoms with Crippen LogP contribution in [0.5, 0.6) is 5.75 Å². The Hall–Kier alpha value is -2.98. The summed E-state index contributed by atoms with van der Waals surface area (Å²) in [6.45, 7) is 8.94. The van der Waals surface area contributed by atoms with Crippen LogP contribution in [0.15, 0.2) is 46.6 Å². The van der Waals surface area contributed by atoms with E-state index >= 15 is 0 Å². The van der Waals surface area contributed by atoms with Gasteiger partial charge in [-0.15, -0.1) is 0 Å². The lowest BCUT2D eigenvalue weighted by Crippen LogP contribution is -2.46. The van der Waals surface area contributed by atoms with Crippen LogP contribution in [0.4, 0.5) is 51.0 Å². The SMILES string of the molecule is CCOc1ccc2c(c1)sc(N=Nc1ccc(N(CC)CC(O)C[N+](C)(C)C)cc1C)[n+]2C.F[B-](F)(F)F.F[B-](F)(F)F. The summed E-state index contributed by atoms with van der Waals surface area (Å²) >= 11 is 1.60. The van der Waals surface area contributed by atoms with Crippen molar-refractivity contribution in [2.45, 2.75) is 26.9 Å². The molecule has 0 bridgehead atoms. The number of thiazole rings is 1. The summed E-state index contributed by atoms with van der Waals surface area (Å²) in [4.78, 5) is 2.20. The summed E-state index contributed by atoms with van der Waals surface area (Å²) in [5.41, 5.74) is 4.09. The van der Waals surface area contributed by atoms with Gasteiger partial charge in [-0.05, 0) is 73.1 Å². The molecule has 0 aliphatic rings. The summed E-state index contributed by atoms with van der Waals surface area (Å²) < 4.78 is 87.5. The Morgan fingerprint density at radius 1 is 0.953 bits per heavy atom. The zero-order valence-corrected chi connectivity index (χ0v) is 25.9. The molecule has 0 saturated heterocycles. The maximum Gasteiger partial charge on any atom is 0.673 e. The molecule has 1 aromatic heterocycles. The molecule has 1 N–H and O–H groups in total. The first-order valence-corrected chi connectivity index (χ1v) is 14.0. The molecule has 43 heavy (non-hydrogen) atoms. The molecular weight excluding hydrogens is 608 g/mol. The van der Waals surface area contributed by atoms with Crippen LogP contribution >= 0.6 is 11.3 Å². The van der Waals surface area contributed by atoms with E-state index in [-0.39, 0.29) is 6.10 Å². The van der Waals surface area contributed by atoms with Crippen molar-refractivity contribution in [1.82, 2.24) is 0 Å². The van der Waals surface area contributed by atoms with E-state index in [1.54, 1.807) is 11.3 Å². The monoisotopic (exact) mass is 645 g/mol. The number of benzene rings is 2. The van der Waals surface area contributed by atoms with Gasteiger partial charge in [0, 0.05) is 24.8 Å². The van der Waals surface area contributed by atoms with Crippen LogP contribution in [0, 0.1) is 6.92 Å². The predicted molar refractivity (Wildman–Crippen MR) is 157 cm³/mol. The van der Waals surface area contributed by atoms with E-state index in [1.165, 1.54) is 0 Å². The average Bonchev–Trinajstić information content (AvgIpc) is 3.13. The molecule has 242 valence electrons. The third kappa shape index (κ3) is 15.9. The van der Waals surface area contributed by atoms with E-state index < -0.39 is 14.5 Å². The van der Waals surface area contributed by atoms with Gasteiger partial charge in [0.25, 0.3) is 0 Å². The number of aliphatic hydroxyl groups is 1. The fraction of sp³-hybridized carbons (Fsp3) is 0.480. The van der Waals surface area contributed by atoms with Gasteiger partial charge < -0.3 is 53.8 Å². The Labute approximate surface area is 250 Å². The largest absolute Gasteiger partial charge is 0.673 e. The summed E-state index contributed by atoms with van der Waals surface area (Å²) in [6.07, 6.45) is -0.388. The number of hydrogen-bond acceptors (Lipinski definition) is 6. The summed E-state index contributed by atoms with van der Waals surface area (Å²) in [5, 5.41) is 20.4. The van der Waals surface area contributed by atoms with Gasteiger partial charge in [0.1, 0.15) is 29.6 Å². The summed E-state index contributed by atoms with van der Waals surface area (Å²) in [7, 11) is -3.71. The topological polar surface area (TPSA) is 61.3 Å². The summed E-state index contributed by atoms with van der Waals surface area (Å²) in [6, 6.07) is 12.3. The number of halogens is 8. The van der Waals surface area contributed by atoms with Gasteiger partial charge in [0.2, 0.25) is 0 Å². The van der Waals surface area contributed by atoms with Crippen LogP contribution < -0.4 is 14.2 Å². The standard InChI is InChI=1S/C25H37N5O2S.2BF4/c1-8-29(16-20(31)17-30(5,6)7)19-10-12-22(18(3)14-19)26-27-25-28(4)23-13-11-21(32-9-2)15-24(23)33-25;2*2-1(3,4)5/h10-15,20,31H,8-9,16-17H2,1-7H3;;/q+2;2*-1. The Morgan fingerprint density at radius 2 is 1.53 bits per heavy atom. The first-order valence-electron chi connectivity index (χ1n) is 13.2. The highest BCUT2D eigenvalue weighted by Crippen LogP contribution is 2.31. The highest BCUT2D eigenvalue weighted by atomic mass is 32.1. The van der Waals surface area contributed by atoms with Crippen molar-refractivity contribution < 1.29 is 53.4 Å². The molecule has 0 aliphatic heterocycles. The average molecular weight is 645 g/mol. The van der Waals surface area contributed by atoms with Gasteiger partial charge >= 0.3 is 19.6 Å². The first kappa shape index (κ1) is 38.0. The van der Waals surface area contributed by atoms with Crippen molar-refractivity contribution in [3.8, 4) is 5.75 Å². The molecule has 1 heterocycles. The molecule has 0 aliphatic carbocycles.